The number of rotatable bonds is 5. The Labute approximate surface area is 235 Å². The zero-order chi connectivity index (χ0) is 28.2. The number of anilines is 1. The number of carbonyl (C=O) groups is 1. The van der Waals surface area contributed by atoms with Crippen molar-refractivity contribution < 1.29 is 9.53 Å². The van der Waals surface area contributed by atoms with Crippen LogP contribution in [0.1, 0.15) is 101 Å². The van der Waals surface area contributed by atoms with Gasteiger partial charge in [-0.1, -0.05) is 70.6 Å². The van der Waals surface area contributed by atoms with Gasteiger partial charge in [0.25, 0.3) is 0 Å². The molecule has 0 unspecified atom stereocenters. The van der Waals surface area contributed by atoms with Crippen LogP contribution in [-0.2, 0) is 4.79 Å². The number of aromatic nitrogens is 3. The summed E-state index contributed by atoms with van der Waals surface area (Å²) in [5, 5.41) is 8.54. The van der Waals surface area contributed by atoms with E-state index in [2.05, 4.69) is 35.3 Å². The second-order valence-corrected chi connectivity index (χ2v) is 10.6. The van der Waals surface area contributed by atoms with E-state index < -0.39 is 0 Å². The van der Waals surface area contributed by atoms with Crippen LogP contribution in [0.2, 0.25) is 0 Å². The maximum absolute atomic E-state index is 12.6. The molecule has 6 nitrogen and oxygen atoms in total. The molecule has 1 heterocycles. The molecule has 2 aliphatic rings. The van der Waals surface area contributed by atoms with Crippen LogP contribution in [0.15, 0.2) is 48.7 Å². The van der Waals surface area contributed by atoms with Crippen LogP contribution in [0.5, 0.6) is 5.75 Å². The highest BCUT2D eigenvalue weighted by Gasteiger charge is 2.25. The third-order valence-corrected chi connectivity index (χ3v) is 7.83. The van der Waals surface area contributed by atoms with E-state index in [0.717, 1.165) is 41.6 Å². The number of ether oxygens (including phenoxy) is 1. The predicted molar refractivity (Wildman–Crippen MR) is 161 cm³/mol. The summed E-state index contributed by atoms with van der Waals surface area (Å²) < 4.78 is 5.29. The predicted octanol–water partition coefficient (Wildman–Crippen LogP) is 8.20. The van der Waals surface area contributed by atoms with Gasteiger partial charge in [0.1, 0.15) is 5.75 Å². The Balaban J connectivity index is 0.000000216. The normalized spacial score (nSPS) is 15.8. The van der Waals surface area contributed by atoms with E-state index in [0.29, 0.717) is 0 Å². The fourth-order valence-corrected chi connectivity index (χ4v) is 5.63. The fraction of sp³-hybridized carbons (Fsp3) is 0.545. The Morgan fingerprint density at radius 2 is 1.59 bits per heavy atom. The van der Waals surface area contributed by atoms with Gasteiger partial charge in [-0.05, 0) is 80.8 Å². The van der Waals surface area contributed by atoms with E-state index in [9.17, 15) is 4.79 Å². The second kappa shape index (κ2) is 15.4. The molecule has 0 spiro atoms. The van der Waals surface area contributed by atoms with Crippen LogP contribution in [0.4, 0.5) is 5.69 Å². The lowest BCUT2D eigenvalue weighted by molar-refractivity contribution is -0.123. The SMILES string of the molecule is CC.COc1ccc(C2CCCCC2)cc1C.Cc1cnn(-c2cccc(N(C)C(=O)C3CCCCC3)c2)n1. The van der Waals surface area contributed by atoms with Crippen molar-refractivity contribution in [3.63, 3.8) is 0 Å². The van der Waals surface area contributed by atoms with Gasteiger partial charge in [0.05, 0.1) is 24.7 Å². The minimum absolute atomic E-state index is 0.174. The lowest BCUT2D eigenvalue weighted by Crippen LogP contribution is -2.34. The molecule has 0 atom stereocenters. The molecule has 1 aromatic heterocycles. The van der Waals surface area contributed by atoms with Crippen molar-refractivity contribution in [3.05, 3.63) is 65.5 Å². The Morgan fingerprint density at radius 3 is 2.18 bits per heavy atom. The maximum Gasteiger partial charge on any atom is 0.229 e. The smallest absolute Gasteiger partial charge is 0.229 e. The minimum Gasteiger partial charge on any atom is -0.496 e. The highest BCUT2D eigenvalue weighted by molar-refractivity contribution is 5.94. The Hall–Kier alpha value is -3.15. The zero-order valence-electron chi connectivity index (χ0n) is 24.9. The molecular weight excluding hydrogens is 484 g/mol. The first-order valence-electron chi connectivity index (χ1n) is 14.9. The van der Waals surface area contributed by atoms with Crippen molar-refractivity contribution in [2.24, 2.45) is 5.92 Å². The Kier molecular flexibility index (Phi) is 12.0. The number of carbonyl (C=O) groups excluding carboxylic acids is 1. The summed E-state index contributed by atoms with van der Waals surface area (Å²) in [6.45, 7) is 8.04. The minimum atomic E-state index is 0.174. The molecule has 1 amide bonds. The van der Waals surface area contributed by atoms with E-state index in [-0.39, 0.29) is 11.8 Å². The monoisotopic (exact) mass is 532 g/mol. The molecule has 2 fully saturated rings. The first-order chi connectivity index (χ1) is 19.0. The van der Waals surface area contributed by atoms with Crippen LogP contribution in [0.3, 0.4) is 0 Å². The molecule has 2 aromatic carbocycles. The second-order valence-electron chi connectivity index (χ2n) is 10.6. The van der Waals surface area contributed by atoms with Crippen molar-refractivity contribution in [1.29, 1.82) is 0 Å². The highest BCUT2D eigenvalue weighted by atomic mass is 16.5. The van der Waals surface area contributed by atoms with Gasteiger partial charge in [-0.15, -0.1) is 0 Å². The lowest BCUT2D eigenvalue weighted by atomic mass is 9.83. The van der Waals surface area contributed by atoms with Crippen molar-refractivity contribution in [3.8, 4) is 11.4 Å². The first kappa shape index (κ1) is 30.4. The molecule has 0 aliphatic heterocycles. The number of nitrogens with zero attached hydrogens (tertiary/aromatic N) is 4. The summed E-state index contributed by atoms with van der Waals surface area (Å²) in [6.07, 6.45) is 14.3. The largest absolute Gasteiger partial charge is 0.496 e. The van der Waals surface area contributed by atoms with Gasteiger partial charge in [0.15, 0.2) is 0 Å². The molecule has 0 bridgehead atoms. The molecule has 0 radical (unpaired) electrons. The van der Waals surface area contributed by atoms with Gasteiger partial charge < -0.3 is 9.64 Å². The molecule has 39 heavy (non-hydrogen) atoms. The average molecular weight is 533 g/mol. The zero-order valence-corrected chi connectivity index (χ0v) is 24.9. The number of benzene rings is 2. The molecule has 2 saturated carbocycles. The topological polar surface area (TPSA) is 60.2 Å². The van der Waals surface area contributed by atoms with E-state index in [1.807, 2.05) is 52.1 Å². The van der Waals surface area contributed by atoms with Crippen LogP contribution < -0.4 is 9.64 Å². The number of hydrogen-bond acceptors (Lipinski definition) is 4. The van der Waals surface area contributed by atoms with Crippen LogP contribution in [0.25, 0.3) is 5.69 Å². The van der Waals surface area contributed by atoms with Crippen LogP contribution in [-0.4, -0.2) is 35.1 Å². The highest BCUT2D eigenvalue weighted by Crippen LogP contribution is 2.34. The van der Waals surface area contributed by atoms with Gasteiger partial charge >= 0.3 is 0 Å². The number of amides is 1. The van der Waals surface area contributed by atoms with Crippen LogP contribution in [0, 0.1) is 19.8 Å². The Bertz CT molecular complexity index is 1160. The first-order valence-corrected chi connectivity index (χ1v) is 14.9. The molecular formula is C33H48N4O2. The summed E-state index contributed by atoms with van der Waals surface area (Å²) in [5.74, 6) is 2.20. The van der Waals surface area contributed by atoms with Crippen molar-refractivity contribution in [2.75, 3.05) is 19.1 Å². The van der Waals surface area contributed by atoms with Gasteiger partial charge in [0, 0.05) is 18.7 Å². The fourth-order valence-electron chi connectivity index (χ4n) is 5.63. The summed E-state index contributed by atoms with van der Waals surface area (Å²) in [7, 11) is 3.60. The van der Waals surface area contributed by atoms with Crippen molar-refractivity contribution >= 4 is 11.6 Å². The summed E-state index contributed by atoms with van der Waals surface area (Å²) in [4.78, 5) is 16.0. The molecule has 5 rings (SSSR count). The third-order valence-electron chi connectivity index (χ3n) is 7.83. The van der Waals surface area contributed by atoms with Gasteiger partial charge in [-0.25, -0.2) is 0 Å². The quantitative estimate of drug-likeness (QED) is 0.332. The number of hydrogen-bond donors (Lipinski definition) is 0. The van der Waals surface area contributed by atoms with E-state index in [1.54, 1.807) is 23.0 Å². The number of aryl methyl sites for hydroxylation is 2. The van der Waals surface area contributed by atoms with Gasteiger partial charge in [-0.3, -0.25) is 4.79 Å². The van der Waals surface area contributed by atoms with E-state index in [1.165, 1.54) is 62.5 Å². The van der Waals surface area contributed by atoms with E-state index in [4.69, 9.17) is 4.74 Å². The standard InChI is InChI=1S/C17H22N4O.C14H20O.C2H6/c1-13-12-18-21(19-13)16-10-6-9-15(11-16)20(2)17(22)14-7-4-3-5-8-14;1-11-10-13(8-9-14(11)15-2)12-6-4-3-5-7-12;1-2/h6,9-12,14H,3-5,7-8H2,1-2H3;8-10,12H,3-7H2,1-2H3;1-2H3. The molecule has 0 N–H and O–H groups in total. The van der Waals surface area contributed by atoms with Crippen molar-refractivity contribution in [2.45, 2.75) is 97.8 Å². The number of methoxy groups -OCH3 is 1. The molecule has 0 saturated heterocycles. The summed E-state index contributed by atoms with van der Waals surface area (Å²) in [6, 6.07) is 14.5. The third kappa shape index (κ3) is 8.42. The molecule has 212 valence electrons. The van der Waals surface area contributed by atoms with Gasteiger partial charge in [-0.2, -0.15) is 15.0 Å². The summed E-state index contributed by atoms with van der Waals surface area (Å²) >= 11 is 0. The van der Waals surface area contributed by atoms with Crippen LogP contribution >= 0.6 is 0 Å². The molecule has 3 aromatic rings. The molecule has 2 aliphatic carbocycles. The molecule has 6 heteroatoms. The summed E-state index contributed by atoms with van der Waals surface area (Å²) in [5.41, 5.74) is 5.41. The lowest BCUT2D eigenvalue weighted by Gasteiger charge is -2.26. The average Bonchev–Trinajstić information content (AvgIpc) is 3.45. The van der Waals surface area contributed by atoms with Crippen molar-refractivity contribution in [1.82, 2.24) is 15.0 Å². The van der Waals surface area contributed by atoms with Gasteiger partial charge in [0.2, 0.25) is 5.91 Å². The Morgan fingerprint density at radius 1 is 0.923 bits per heavy atom. The van der Waals surface area contributed by atoms with E-state index >= 15 is 0 Å². The maximum atomic E-state index is 12.6.